The summed E-state index contributed by atoms with van der Waals surface area (Å²) in [6.45, 7) is 0.489. The molecule has 2 rings (SSSR count). The number of thiophene rings is 1. The van der Waals surface area contributed by atoms with E-state index in [9.17, 15) is 4.79 Å². The summed E-state index contributed by atoms with van der Waals surface area (Å²) in [7, 11) is 0. The van der Waals surface area contributed by atoms with Gasteiger partial charge in [0.2, 0.25) is 0 Å². The van der Waals surface area contributed by atoms with Crippen LogP contribution in [0.25, 0.3) is 0 Å². The summed E-state index contributed by atoms with van der Waals surface area (Å²) in [6.07, 6.45) is 1.00. The van der Waals surface area contributed by atoms with E-state index in [4.69, 9.17) is 5.73 Å². The van der Waals surface area contributed by atoms with Crippen LogP contribution in [0.3, 0.4) is 0 Å². The predicted molar refractivity (Wildman–Crippen MR) is 71.1 cm³/mol. The van der Waals surface area contributed by atoms with Crippen LogP contribution in [0.1, 0.15) is 16.0 Å². The second-order valence-corrected chi connectivity index (χ2v) is 4.98. The van der Waals surface area contributed by atoms with Gasteiger partial charge in [-0.1, -0.05) is 30.3 Å². The zero-order chi connectivity index (χ0) is 12.1. The van der Waals surface area contributed by atoms with Crippen molar-refractivity contribution in [2.75, 3.05) is 0 Å². The van der Waals surface area contributed by atoms with Gasteiger partial charge in [0.05, 0.1) is 0 Å². The summed E-state index contributed by atoms with van der Waals surface area (Å²) in [5.41, 5.74) is 7.77. The third-order valence-corrected chi connectivity index (χ3v) is 3.55. The summed E-state index contributed by atoms with van der Waals surface area (Å²) in [4.78, 5) is 13.0. The quantitative estimate of drug-likeness (QED) is 0.879. The Balaban J connectivity index is 2.03. The van der Waals surface area contributed by atoms with Crippen molar-refractivity contribution >= 4 is 17.1 Å². The van der Waals surface area contributed by atoms with E-state index >= 15 is 0 Å². The molecule has 0 spiro atoms. The number of benzene rings is 1. The van der Waals surface area contributed by atoms with E-state index in [2.05, 4.69) is 0 Å². The lowest BCUT2D eigenvalue weighted by Crippen LogP contribution is -2.09. The van der Waals surface area contributed by atoms with Crippen LogP contribution in [0, 0.1) is 0 Å². The van der Waals surface area contributed by atoms with E-state index in [0.29, 0.717) is 19.4 Å². The van der Waals surface area contributed by atoms with Gasteiger partial charge in [-0.05, 0) is 22.6 Å². The number of rotatable bonds is 5. The molecular weight excluding hydrogens is 230 g/mol. The van der Waals surface area contributed by atoms with E-state index in [-0.39, 0.29) is 5.78 Å². The summed E-state index contributed by atoms with van der Waals surface area (Å²) < 4.78 is 0. The Hall–Kier alpha value is -1.45. The molecule has 17 heavy (non-hydrogen) atoms. The van der Waals surface area contributed by atoms with Crippen LogP contribution in [-0.2, 0) is 24.2 Å². The number of nitrogens with two attached hydrogens (primary N) is 1. The molecule has 1 aromatic carbocycles. The van der Waals surface area contributed by atoms with Crippen LogP contribution in [0.15, 0.2) is 41.8 Å². The van der Waals surface area contributed by atoms with Crippen LogP contribution < -0.4 is 5.73 Å². The highest BCUT2D eigenvalue weighted by molar-refractivity contribution is 7.10. The third-order valence-electron chi connectivity index (χ3n) is 2.68. The van der Waals surface area contributed by atoms with E-state index < -0.39 is 0 Å². The lowest BCUT2D eigenvalue weighted by Gasteiger charge is -2.06. The maximum atomic E-state index is 11.9. The highest BCUT2D eigenvalue weighted by atomic mass is 32.1. The zero-order valence-corrected chi connectivity index (χ0v) is 10.4. The number of Topliss-reactive ketones (excluding diaryl/α,β-unsaturated/α-hetero) is 1. The highest BCUT2D eigenvalue weighted by Gasteiger charge is 2.08. The first-order chi connectivity index (χ1) is 8.29. The molecule has 1 aromatic heterocycles. The van der Waals surface area contributed by atoms with E-state index in [1.807, 2.05) is 41.8 Å². The van der Waals surface area contributed by atoms with Crippen LogP contribution in [0.4, 0.5) is 0 Å². The molecule has 0 aliphatic rings. The van der Waals surface area contributed by atoms with Crippen LogP contribution in [0.2, 0.25) is 0 Å². The van der Waals surface area contributed by atoms with Gasteiger partial charge in [0, 0.05) is 24.3 Å². The molecule has 2 N–H and O–H groups in total. The molecule has 2 nitrogen and oxygen atoms in total. The fourth-order valence-corrected chi connectivity index (χ4v) is 2.54. The maximum absolute atomic E-state index is 11.9. The van der Waals surface area contributed by atoms with Crippen molar-refractivity contribution < 1.29 is 4.79 Å². The molecule has 0 aliphatic carbocycles. The monoisotopic (exact) mass is 245 g/mol. The van der Waals surface area contributed by atoms with Gasteiger partial charge in [-0.2, -0.15) is 0 Å². The molecule has 0 atom stereocenters. The number of carbonyl (C=O) groups excluding carboxylic acids is 1. The number of hydrogen-bond donors (Lipinski definition) is 1. The molecule has 1 heterocycles. The van der Waals surface area contributed by atoms with E-state index in [1.54, 1.807) is 11.3 Å². The van der Waals surface area contributed by atoms with E-state index in [0.717, 1.165) is 16.0 Å². The van der Waals surface area contributed by atoms with Gasteiger partial charge in [-0.25, -0.2) is 0 Å². The van der Waals surface area contributed by atoms with Crippen LogP contribution >= 0.6 is 11.3 Å². The van der Waals surface area contributed by atoms with Gasteiger partial charge in [0.15, 0.2) is 0 Å². The summed E-state index contributed by atoms with van der Waals surface area (Å²) in [5.74, 6) is 0.244. The first kappa shape index (κ1) is 12.0. The van der Waals surface area contributed by atoms with Crippen LogP contribution in [0.5, 0.6) is 0 Å². The second-order valence-electron chi connectivity index (χ2n) is 3.94. The standard InChI is InChI=1S/C14H15NOS/c15-10-12-5-2-1-4-11(12)8-13(16)9-14-6-3-7-17-14/h1-7H,8-10,15H2. The number of hydrogen-bond acceptors (Lipinski definition) is 3. The first-order valence-electron chi connectivity index (χ1n) is 5.60. The van der Waals surface area contributed by atoms with Gasteiger partial charge >= 0.3 is 0 Å². The topological polar surface area (TPSA) is 43.1 Å². The maximum Gasteiger partial charge on any atom is 0.142 e. The fourth-order valence-electron chi connectivity index (χ4n) is 1.81. The first-order valence-corrected chi connectivity index (χ1v) is 6.48. The second kappa shape index (κ2) is 5.75. The minimum atomic E-state index is 0.244. The molecule has 0 aliphatic heterocycles. The summed E-state index contributed by atoms with van der Waals surface area (Å²) in [6, 6.07) is 11.8. The average molecular weight is 245 g/mol. The van der Waals surface area contributed by atoms with Crippen molar-refractivity contribution in [2.24, 2.45) is 5.73 Å². The molecule has 88 valence electrons. The molecule has 2 aromatic rings. The lowest BCUT2D eigenvalue weighted by molar-refractivity contribution is -0.117. The van der Waals surface area contributed by atoms with E-state index in [1.165, 1.54) is 0 Å². The highest BCUT2D eigenvalue weighted by Crippen LogP contribution is 2.13. The predicted octanol–water partition coefficient (Wildman–Crippen LogP) is 2.56. The van der Waals surface area contributed by atoms with Crippen molar-refractivity contribution in [1.82, 2.24) is 0 Å². The lowest BCUT2D eigenvalue weighted by atomic mass is 10.0. The molecule has 0 saturated heterocycles. The molecule has 0 amide bonds. The smallest absolute Gasteiger partial charge is 0.142 e. The Morgan fingerprint density at radius 1 is 1.06 bits per heavy atom. The molecule has 0 saturated carbocycles. The zero-order valence-electron chi connectivity index (χ0n) is 9.56. The SMILES string of the molecule is NCc1ccccc1CC(=O)Cc1cccs1. The van der Waals surface area contributed by atoms with Gasteiger partial charge in [0.1, 0.15) is 5.78 Å². The van der Waals surface area contributed by atoms with Gasteiger partial charge in [-0.15, -0.1) is 11.3 Å². The Bertz CT molecular complexity index is 491. The Labute approximate surface area is 105 Å². The third kappa shape index (κ3) is 3.25. The fraction of sp³-hybridized carbons (Fsp3) is 0.214. The molecule has 3 heteroatoms. The van der Waals surface area contributed by atoms with Crippen molar-refractivity contribution in [3.63, 3.8) is 0 Å². The molecule has 0 fully saturated rings. The average Bonchev–Trinajstić information content (AvgIpc) is 2.82. The summed E-state index contributed by atoms with van der Waals surface area (Å²) >= 11 is 1.63. The Morgan fingerprint density at radius 3 is 2.47 bits per heavy atom. The largest absolute Gasteiger partial charge is 0.326 e. The Kier molecular flexibility index (Phi) is 4.07. The summed E-state index contributed by atoms with van der Waals surface area (Å²) in [5, 5.41) is 2.00. The molecular formula is C14H15NOS. The number of carbonyl (C=O) groups is 1. The molecule has 0 unspecified atom stereocenters. The number of ketones is 1. The van der Waals surface area contributed by atoms with Gasteiger partial charge in [0.25, 0.3) is 0 Å². The van der Waals surface area contributed by atoms with Gasteiger partial charge in [-0.3, -0.25) is 4.79 Å². The van der Waals surface area contributed by atoms with Crippen molar-refractivity contribution in [2.45, 2.75) is 19.4 Å². The Morgan fingerprint density at radius 2 is 1.82 bits per heavy atom. The van der Waals surface area contributed by atoms with Crippen molar-refractivity contribution in [3.05, 3.63) is 57.8 Å². The minimum Gasteiger partial charge on any atom is -0.326 e. The van der Waals surface area contributed by atoms with Gasteiger partial charge < -0.3 is 5.73 Å². The minimum absolute atomic E-state index is 0.244. The van der Waals surface area contributed by atoms with Crippen molar-refractivity contribution in [1.29, 1.82) is 0 Å². The molecule has 0 radical (unpaired) electrons. The normalized spacial score (nSPS) is 10.4. The van der Waals surface area contributed by atoms with Crippen LogP contribution in [-0.4, -0.2) is 5.78 Å². The molecule has 0 bridgehead atoms. The van der Waals surface area contributed by atoms with Crippen molar-refractivity contribution in [3.8, 4) is 0 Å².